The molecule has 0 aliphatic heterocycles. The first-order chi connectivity index (χ1) is 11.1. The lowest BCUT2D eigenvalue weighted by molar-refractivity contribution is 0.0943. The van der Waals surface area contributed by atoms with E-state index in [9.17, 15) is 13.2 Å². The lowest BCUT2D eigenvalue weighted by atomic mass is 10.1. The van der Waals surface area contributed by atoms with Gasteiger partial charge in [0.25, 0.3) is 5.91 Å². The maximum absolute atomic E-state index is 12.1. The maximum atomic E-state index is 12.1. The number of hydrazine groups is 1. The van der Waals surface area contributed by atoms with Crippen molar-refractivity contribution in [2.45, 2.75) is 25.2 Å². The van der Waals surface area contributed by atoms with E-state index >= 15 is 0 Å². The van der Waals surface area contributed by atoms with Crippen LogP contribution in [0.25, 0.3) is 0 Å². The van der Waals surface area contributed by atoms with Crippen LogP contribution < -0.4 is 16.2 Å². The maximum Gasteiger partial charge on any atom is 0.269 e. The van der Waals surface area contributed by atoms with Crippen LogP contribution in [0, 0.1) is 5.92 Å². The molecule has 0 atom stereocenters. The van der Waals surface area contributed by atoms with Gasteiger partial charge < -0.3 is 5.32 Å². The van der Waals surface area contributed by atoms with Gasteiger partial charge in [-0.1, -0.05) is 19.9 Å². The fourth-order valence-corrected chi connectivity index (χ4v) is 2.81. The molecule has 1 aromatic carbocycles. The molecule has 1 aromatic rings. The van der Waals surface area contributed by atoms with Crippen molar-refractivity contribution in [3.63, 3.8) is 0 Å². The molecule has 0 fully saturated rings. The van der Waals surface area contributed by atoms with Crippen molar-refractivity contribution in [3.8, 4) is 0 Å². The highest BCUT2D eigenvalue weighted by molar-refractivity contribution is 7.89. The van der Waals surface area contributed by atoms with Gasteiger partial charge in [0.15, 0.2) is 5.11 Å². The van der Waals surface area contributed by atoms with Crippen molar-refractivity contribution >= 4 is 33.3 Å². The average Bonchev–Trinajstić information content (AvgIpc) is 2.52. The Kier molecular flexibility index (Phi) is 7.59. The van der Waals surface area contributed by atoms with Crippen molar-refractivity contribution in [1.29, 1.82) is 0 Å². The normalized spacial score (nSPS) is 11.4. The molecule has 134 valence electrons. The lowest BCUT2D eigenvalue weighted by Gasteiger charge is -2.14. The third kappa shape index (κ3) is 6.06. The van der Waals surface area contributed by atoms with Gasteiger partial charge in [-0.2, -0.15) is 0 Å². The fraction of sp³-hybridized carbons (Fsp3) is 0.467. The van der Waals surface area contributed by atoms with Crippen LogP contribution in [0.1, 0.15) is 30.6 Å². The molecule has 0 radical (unpaired) electrons. The second-order valence-corrected chi connectivity index (χ2v) is 8.39. The molecule has 0 unspecified atom stereocenters. The standard InChI is InChI=1S/C15H24N4O3S2/c1-11(2)8-9-16-15(23)18-17-14(20)12-6-5-7-13(10-12)24(21,22)19(3)4/h5-7,10-11H,8-9H2,1-4H3,(H,17,20)(H2,16,18,23). The van der Waals surface area contributed by atoms with E-state index < -0.39 is 15.9 Å². The highest BCUT2D eigenvalue weighted by Crippen LogP contribution is 2.14. The topological polar surface area (TPSA) is 90.5 Å². The number of hydrogen-bond acceptors (Lipinski definition) is 4. The van der Waals surface area contributed by atoms with E-state index in [0.29, 0.717) is 17.6 Å². The zero-order valence-corrected chi connectivity index (χ0v) is 15.9. The Hall–Kier alpha value is -1.71. The Morgan fingerprint density at radius 2 is 1.92 bits per heavy atom. The van der Waals surface area contributed by atoms with Crippen LogP contribution >= 0.6 is 12.2 Å². The molecule has 0 heterocycles. The second kappa shape index (κ2) is 8.95. The molecule has 0 aromatic heterocycles. The molecule has 9 heteroatoms. The lowest BCUT2D eigenvalue weighted by Crippen LogP contribution is -2.47. The Bertz CT molecular complexity index is 688. The molecule has 0 bridgehead atoms. The van der Waals surface area contributed by atoms with Gasteiger partial charge in [0.1, 0.15) is 0 Å². The molecule has 1 rings (SSSR count). The number of nitrogens with one attached hydrogen (secondary N) is 3. The summed E-state index contributed by atoms with van der Waals surface area (Å²) in [6, 6.07) is 5.81. The third-order valence-electron chi connectivity index (χ3n) is 3.17. The van der Waals surface area contributed by atoms with Crippen LogP contribution in [-0.2, 0) is 10.0 Å². The smallest absolute Gasteiger partial charge is 0.269 e. The highest BCUT2D eigenvalue weighted by Gasteiger charge is 2.18. The number of carbonyl (C=O) groups is 1. The summed E-state index contributed by atoms with van der Waals surface area (Å²) in [4.78, 5) is 12.2. The van der Waals surface area contributed by atoms with Gasteiger partial charge in [0.2, 0.25) is 10.0 Å². The van der Waals surface area contributed by atoms with Gasteiger partial charge in [-0.15, -0.1) is 0 Å². The van der Waals surface area contributed by atoms with Gasteiger partial charge in [-0.05, 0) is 42.8 Å². The molecule has 0 aliphatic rings. The predicted octanol–water partition coefficient (Wildman–Crippen LogP) is 1.09. The molecule has 3 N–H and O–H groups in total. The molecule has 24 heavy (non-hydrogen) atoms. The van der Waals surface area contributed by atoms with E-state index in [-0.39, 0.29) is 10.5 Å². The summed E-state index contributed by atoms with van der Waals surface area (Å²) in [6.45, 7) is 4.92. The van der Waals surface area contributed by atoms with Crippen LogP contribution in [0.3, 0.4) is 0 Å². The van der Waals surface area contributed by atoms with Crippen LogP contribution in [0.4, 0.5) is 0 Å². The van der Waals surface area contributed by atoms with E-state index in [1.807, 2.05) is 0 Å². The number of carbonyl (C=O) groups excluding carboxylic acids is 1. The minimum absolute atomic E-state index is 0.0535. The Morgan fingerprint density at radius 3 is 2.50 bits per heavy atom. The van der Waals surface area contributed by atoms with Gasteiger partial charge in [-0.25, -0.2) is 12.7 Å². The second-order valence-electron chi connectivity index (χ2n) is 5.83. The monoisotopic (exact) mass is 372 g/mol. The summed E-state index contributed by atoms with van der Waals surface area (Å²) in [5.74, 6) is 0.0788. The first-order valence-corrected chi connectivity index (χ1v) is 9.36. The zero-order chi connectivity index (χ0) is 18.3. The summed E-state index contributed by atoms with van der Waals surface area (Å²) in [7, 11) is -0.719. The molecule has 0 saturated carbocycles. The van der Waals surface area contributed by atoms with E-state index in [1.165, 1.54) is 38.4 Å². The molecule has 7 nitrogen and oxygen atoms in total. The molecular weight excluding hydrogens is 348 g/mol. The molecule has 0 saturated heterocycles. The van der Waals surface area contributed by atoms with Crippen molar-refractivity contribution in [1.82, 2.24) is 20.5 Å². The molecule has 0 spiro atoms. The first kappa shape index (κ1) is 20.3. The summed E-state index contributed by atoms with van der Waals surface area (Å²) in [6.07, 6.45) is 0.959. The van der Waals surface area contributed by atoms with Gasteiger partial charge in [0.05, 0.1) is 4.90 Å². The van der Waals surface area contributed by atoms with Crippen LogP contribution in [-0.4, -0.2) is 44.4 Å². The van der Waals surface area contributed by atoms with Gasteiger partial charge in [0, 0.05) is 26.2 Å². The van der Waals surface area contributed by atoms with Gasteiger partial charge in [-0.3, -0.25) is 15.6 Å². The number of hydrogen-bond donors (Lipinski definition) is 3. The average molecular weight is 373 g/mol. The predicted molar refractivity (Wildman–Crippen MR) is 98.0 cm³/mol. The highest BCUT2D eigenvalue weighted by atomic mass is 32.2. The van der Waals surface area contributed by atoms with Crippen molar-refractivity contribution in [2.24, 2.45) is 5.92 Å². The summed E-state index contributed by atoms with van der Waals surface area (Å²) in [5, 5.41) is 3.28. The van der Waals surface area contributed by atoms with Crippen LogP contribution in [0.5, 0.6) is 0 Å². The Morgan fingerprint density at radius 1 is 1.25 bits per heavy atom. The van der Waals surface area contributed by atoms with E-state index in [0.717, 1.165) is 10.7 Å². The minimum Gasteiger partial charge on any atom is -0.361 e. The Balaban J connectivity index is 2.65. The number of thiocarbonyl (C=S) groups is 1. The quantitative estimate of drug-likeness (QED) is 0.512. The number of amides is 1. The number of rotatable bonds is 6. The Labute approximate surface area is 148 Å². The third-order valence-corrected chi connectivity index (χ3v) is 5.23. The van der Waals surface area contributed by atoms with Crippen molar-refractivity contribution in [3.05, 3.63) is 29.8 Å². The fourth-order valence-electron chi connectivity index (χ4n) is 1.71. The van der Waals surface area contributed by atoms with Gasteiger partial charge >= 0.3 is 0 Å². The van der Waals surface area contributed by atoms with E-state index in [1.54, 1.807) is 0 Å². The summed E-state index contributed by atoms with van der Waals surface area (Å²) >= 11 is 5.05. The number of sulfonamides is 1. The molecular formula is C15H24N4O3S2. The summed E-state index contributed by atoms with van der Waals surface area (Å²) < 4.78 is 25.3. The van der Waals surface area contributed by atoms with Crippen LogP contribution in [0.15, 0.2) is 29.2 Å². The van der Waals surface area contributed by atoms with Crippen molar-refractivity contribution < 1.29 is 13.2 Å². The van der Waals surface area contributed by atoms with Crippen molar-refractivity contribution in [2.75, 3.05) is 20.6 Å². The number of nitrogens with zero attached hydrogens (tertiary/aromatic N) is 1. The minimum atomic E-state index is -3.59. The first-order valence-electron chi connectivity index (χ1n) is 7.51. The van der Waals surface area contributed by atoms with E-state index in [2.05, 4.69) is 30.0 Å². The molecule has 0 aliphatic carbocycles. The largest absolute Gasteiger partial charge is 0.361 e. The number of benzene rings is 1. The molecule has 1 amide bonds. The zero-order valence-electron chi connectivity index (χ0n) is 14.3. The van der Waals surface area contributed by atoms with E-state index in [4.69, 9.17) is 12.2 Å². The SMILES string of the molecule is CC(C)CCNC(=S)NNC(=O)c1cccc(S(=O)(=O)N(C)C)c1. The van der Waals surface area contributed by atoms with Crippen LogP contribution in [0.2, 0.25) is 0 Å². The summed E-state index contributed by atoms with van der Waals surface area (Å²) in [5.41, 5.74) is 5.26.